The maximum absolute atomic E-state index is 12.1. The highest BCUT2D eigenvalue weighted by atomic mass is 32.2. The lowest BCUT2D eigenvalue weighted by molar-refractivity contribution is 0.0697. The lowest BCUT2D eigenvalue weighted by Gasteiger charge is -2.29. The lowest BCUT2D eigenvalue weighted by Crippen LogP contribution is -2.29. The van der Waals surface area contributed by atoms with Crippen molar-refractivity contribution in [2.24, 2.45) is 0 Å². The first-order chi connectivity index (χ1) is 19.5. The highest BCUT2D eigenvalue weighted by Gasteiger charge is 2.42. The van der Waals surface area contributed by atoms with Crippen LogP contribution in [0.2, 0.25) is 0 Å². The maximum atomic E-state index is 12.1. The molecule has 212 valence electrons. The zero-order valence-corrected chi connectivity index (χ0v) is 24.5. The molecule has 1 fully saturated rings. The third-order valence-corrected chi connectivity index (χ3v) is 7.92. The summed E-state index contributed by atoms with van der Waals surface area (Å²) in [6.45, 7) is 3.87. The molecule has 1 saturated heterocycles. The van der Waals surface area contributed by atoms with Gasteiger partial charge in [-0.15, -0.1) is 0 Å². The largest absolute Gasteiger partial charge is 0.495 e. The average Bonchev–Trinajstić information content (AvgIpc) is 3.42. The molecule has 1 aliphatic rings. The minimum atomic E-state index is -3.59. The summed E-state index contributed by atoms with van der Waals surface area (Å²) in [5, 5.41) is 13.7. The zero-order chi connectivity index (χ0) is 29.5. The van der Waals surface area contributed by atoms with Crippen LogP contribution < -0.4 is 19.7 Å². The van der Waals surface area contributed by atoms with E-state index in [1.807, 2.05) is 59.7 Å². The van der Waals surface area contributed by atoms with E-state index in [1.54, 1.807) is 36.5 Å². The number of benzene rings is 2. The van der Waals surface area contributed by atoms with E-state index in [-0.39, 0.29) is 17.3 Å². The summed E-state index contributed by atoms with van der Waals surface area (Å²) in [5.41, 5.74) is 5.00. The van der Waals surface area contributed by atoms with Gasteiger partial charge >= 0.3 is 5.97 Å². The predicted octanol–water partition coefficient (Wildman–Crippen LogP) is 4.74. The van der Waals surface area contributed by atoms with E-state index in [2.05, 4.69) is 15.0 Å². The molecule has 0 bridgehead atoms. The number of carboxylic acids is 1. The first kappa shape index (κ1) is 28.1. The van der Waals surface area contributed by atoms with E-state index in [4.69, 9.17) is 17.0 Å². The molecule has 1 aliphatic heterocycles. The molecule has 0 saturated carbocycles. The van der Waals surface area contributed by atoms with Crippen molar-refractivity contribution in [3.8, 4) is 11.4 Å². The van der Waals surface area contributed by atoms with Gasteiger partial charge in [0.25, 0.3) is 0 Å². The van der Waals surface area contributed by atoms with Gasteiger partial charge in [0.2, 0.25) is 10.0 Å². The summed E-state index contributed by atoms with van der Waals surface area (Å²) in [4.78, 5) is 18.6. The Hall–Kier alpha value is -4.42. The molecule has 12 heteroatoms. The third kappa shape index (κ3) is 5.35. The van der Waals surface area contributed by atoms with Crippen LogP contribution in [0, 0.1) is 13.8 Å². The summed E-state index contributed by atoms with van der Waals surface area (Å²) in [6, 6.07) is 19.0. The topological polar surface area (TPSA) is 126 Å². The number of aromatic nitrogens is 2. The van der Waals surface area contributed by atoms with E-state index >= 15 is 0 Å². The summed E-state index contributed by atoms with van der Waals surface area (Å²) in [6.07, 6.45) is 2.79. The first-order valence-corrected chi connectivity index (χ1v) is 15.0. The van der Waals surface area contributed by atoms with Crippen molar-refractivity contribution in [2.45, 2.75) is 25.9 Å². The van der Waals surface area contributed by atoms with Crippen LogP contribution in [0.25, 0.3) is 5.69 Å². The molecule has 0 amide bonds. The third-order valence-electron chi connectivity index (χ3n) is 7.02. The number of nitrogens with zero attached hydrogens (tertiary/aromatic N) is 3. The Morgan fingerprint density at radius 1 is 1.10 bits per heavy atom. The number of thiocarbonyl (C=S) groups is 1. The second kappa shape index (κ2) is 10.9. The van der Waals surface area contributed by atoms with Crippen molar-refractivity contribution in [1.29, 1.82) is 0 Å². The highest BCUT2D eigenvalue weighted by Crippen LogP contribution is 2.45. The second-order valence-electron chi connectivity index (χ2n) is 9.74. The molecule has 5 rings (SSSR count). The number of carboxylic acid groups (broad SMARTS) is 1. The van der Waals surface area contributed by atoms with Gasteiger partial charge in [-0.05, 0) is 80.2 Å². The molecule has 3 N–H and O–H groups in total. The van der Waals surface area contributed by atoms with Crippen LogP contribution >= 0.6 is 12.2 Å². The number of hydrogen-bond acceptors (Lipinski definition) is 6. The van der Waals surface area contributed by atoms with Crippen LogP contribution in [-0.4, -0.2) is 47.5 Å². The van der Waals surface area contributed by atoms with Crippen LogP contribution in [0.4, 0.5) is 11.4 Å². The number of methoxy groups -OCH3 is 1. The Kier molecular flexibility index (Phi) is 7.45. The van der Waals surface area contributed by atoms with Gasteiger partial charge in [0.05, 0.1) is 48.1 Å². The molecule has 4 aromatic rings. The molecule has 0 aliphatic carbocycles. The molecular formula is C29H29N5O5S2. The summed E-state index contributed by atoms with van der Waals surface area (Å²) in [5.74, 6) is -0.658. The first-order valence-electron chi connectivity index (χ1n) is 12.7. The van der Waals surface area contributed by atoms with Crippen molar-refractivity contribution in [2.75, 3.05) is 23.0 Å². The summed E-state index contributed by atoms with van der Waals surface area (Å²) < 4.78 is 34.1. The van der Waals surface area contributed by atoms with Crippen molar-refractivity contribution in [3.05, 3.63) is 101 Å². The van der Waals surface area contributed by atoms with Crippen LogP contribution in [0.3, 0.4) is 0 Å². The van der Waals surface area contributed by atoms with Gasteiger partial charge in [0.1, 0.15) is 5.75 Å². The smallest absolute Gasteiger partial charge is 0.337 e. The van der Waals surface area contributed by atoms with Crippen molar-refractivity contribution >= 4 is 44.7 Å². The molecule has 2 aromatic carbocycles. The van der Waals surface area contributed by atoms with Crippen molar-refractivity contribution in [3.63, 3.8) is 0 Å². The van der Waals surface area contributed by atoms with Crippen LogP contribution in [-0.2, 0) is 10.0 Å². The maximum Gasteiger partial charge on any atom is 0.337 e. The Balaban J connectivity index is 1.71. The normalized spacial score (nSPS) is 16.9. The fraction of sp³-hybridized carbons (Fsp3) is 0.207. The number of sulfonamides is 1. The number of aromatic carboxylic acids is 1. The van der Waals surface area contributed by atoms with E-state index in [9.17, 15) is 18.3 Å². The average molecular weight is 592 g/mol. The molecular weight excluding hydrogens is 562 g/mol. The Bertz CT molecular complexity index is 1750. The van der Waals surface area contributed by atoms with Gasteiger partial charge in [-0.2, -0.15) is 0 Å². The molecule has 41 heavy (non-hydrogen) atoms. The van der Waals surface area contributed by atoms with E-state index in [0.717, 1.165) is 28.9 Å². The van der Waals surface area contributed by atoms with Crippen molar-refractivity contribution < 1.29 is 23.1 Å². The monoisotopic (exact) mass is 591 g/mol. The number of anilines is 2. The molecule has 0 spiro atoms. The molecule has 2 atom stereocenters. The van der Waals surface area contributed by atoms with Gasteiger partial charge in [-0.25, -0.2) is 13.2 Å². The van der Waals surface area contributed by atoms with Crippen molar-refractivity contribution in [1.82, 2.24) is 14.9 Å². The molecule has 2 aromatic heterocycles. The fourth-order valence-corrected chi connectivity index (χ4v) is 6.29. The number of para-hydroxylation sites is 1. The van der Waals surface area contributed by atoms with Gasteiger partial charge in [-0.3, -0.25) is 9.71 Å². The van der Waals surface area contributed by atoms with Gasteiger partial charge in [-0.1, -0.05) is 18.2 Å². The number of carbonyl (C=O) groups is 1. The highest BCUT2D eigenvalue weighted by molar-refractivity contribution is 7.92. The number of rotatable bonds is 8. The van der Waals surface area contributed by atoms with Gasteiger partial charge in [0.15, 0.2) is 5.11 Å². The lowest BCUT2D eigenvalue weighted by atomic mass is 9.96. The number of ether oxygens (including phenoxy) is 1. The minimum Gasteiger partial charge on any atom is -0.495 e. The van der Waals surface area contributed by atoms with Gasteiger partial charge < -0.3 is 24.6 Å². The number of nitrogens with one attached hydrogen (secondary N) is 2. The number of aryl methyl sites for hydroxylation is 1. The Morgan fingerprint density at radius 3 is 2.49 bits per heavy atom. The Morgan fingerprint density at radius 2 is 1.83 bits per heavy atom. The van der Waals surface area contributed by atoms with Crippen LogP contribution in [0.15, 0.2) is 72.9 Å². The van der Waals surface area contributed by atoms with Crippen LogP contribution in [0.5, 0.6) is 5.75 Å². The van der Waals surface area contributed by atoms with Gasteiger partial charge in [0, 0.05) is 23.3 Å². The zero-order valence-electron chi connectivity index (χ0n) is 22.8. The second-order valence-corrected chi connectivity index (χ2v) is 11.9. The SMILES string of the molecule is COc1ccc(N2C(=S)N[C@H](c3ccccn3)[C@@H]2c2cc(C)n(-c3ccccc3C(=O)O)c2C)cc1NS(C)(=O)=O. The predicted molar refractivity (Wildman–Crippen MR) is 162 cm³/mol. The quantitative estimate of drug-likeness (QED) is 0.249. The minimum absolute atomic E-state index is 0.186. The van der Waals surface area contributed by atoms with E-state index < -0.39 is 22.0 Å². The van der Waals surface area contributed by atoms with E-state index in [1.165, 1.54) is 7.11 Å². The summed E-state index contributed by atoms with van der Waals surface area (Å²) in [7, 11) is -2.13. The number of pyridine rings is 1. The Labute approximate surface area is 243 Å². The molecule has 3 heterocycles. The molecule has 10 nitrogen and oxygen atoms in total. The fourth-order valence-electron chi connectivity index (χ4n) is 5.38. The van der Waals surface area contributed by atoms with E-state index in [0.29, 0.717) is 22.2 Å². The molecule has 0 unspecified atom stereocenters. The summed E-state index contributed by atoms with van der Waals surface area (Å²) >= 11 is 5.85. The number of hydrogen-bond donors (Lipinski definition) is 3. The molecule has 0 radical (unpaired) electrons. The standard InChI is InChI=1S/C29H29N5O5S2/c1-17-15-21(18(2)33(17)24-11-6-5-9-20(24)28(35)36)27-26(22-10-7-8-14-30-22)31-29(40)34(27)19-12-13-25(39-3)23(16-19)32-41(4,37)38/h5-16,26-27,32H,1-4H3,(H,31,40)(H,35,36)/t26-,27+/m1/s1. The van der Waals surface area contributed by atoms with Crippen LogP contribution in [0.1, 0.15) is 45.1 Å².